The fourth-order valence-electron chi connectivity index (χ4n) is 3.08. The molecule has 2 aromatic heterocycles. The Morgan fingerprint density at radius 1 is 1.06 bits per heavy atom. The molecule has 3 rings (SSSR count). The van der Waals surface area contributed by atoms with Crippen molar-refractivity contribution < 1.29 is 9.59 Å². The topological polar surface area (TPSA) is 96.9 Å². The first-order chi connectivity index (χ1) is 15.0. The first kappa shape index (κ1) is 22.2. The number of pyridine rings is 1. The van der Waals surface area contributed by atoms with E-state index in [0.717, 1.165) is 23.2 Å². The first-order valence-electron chi connectivity index (χ1n) is 10.4. The molecule has 3 aromatic rings. The molecule has 160 valence electrons. The van der Waals surface area contributed by atoms with Gasteiger partial charge in [-0.25, -0.2) is 0 Å². The molecule has 0 radical (unpaired) electrons. The van der Waals surface area contributed by atoms with Crippen molar-refractivity contribution in [2.45, 2.75) is 33.7 Å². The molecule has 1 amide bonds. The number of aryl methyl sites for hydroxylation is 1. The first-order valence-corrected chi connectivity index (χ1v) is 10.4. The van der Waals surface area contributed by atoms with E-state index in [-0.39, 0.29) is 29.8 Å². The van der Waals surface area contributed by atoms with Crippen LogP contribution in [0.5, 0.6) is 0 Å². The van der Waals surface area contributed by atoms with Crippen molar-refractivity contribution in [2.75, 3.05) is 11.9 Å². The lowest BCUT2D eigenvalue weighted by Gasteiger charge is -2.14. The summed E-state index contributed by atoms with van der Waals surface area (Å²) in [5.74, 6) is -0.605. The Hall–Kier alpha value is -3.45. The second kappa shape index (κ2) is 10.5. The van der Waals surface area contributed by atoms with E-state index in [1.165, 1.54) is 5.56 Å². The van der Waals surface area contributed by atoms with Crippen LogP contribution >= 0.6 is 0 Å². The minimum atomic E-state index is -0.261. The van der Waals surface area contributed by atoms with Crippen LogP contribution in [0, 0.1) is 5.92 Å². The van der Waals surface area contributed by atoms with Crippen molar-refractivity contribution in [1.82, 2.24) is 20.5 Å². The zero-order valence-corrected chi connectivity index (χ0v) is 18.1. The van der Waals surface area contributed by atoms with E-state index in [1.807, 2.05) is 38.1 Å². The molecule has 2 N–H and O–H groups in total. The van der Waals surface area contributed by atoms with E-state index in [2.05, 4.69) is 44.9 Å². The maximum Gasteiger partial charge on any atom is 0.238 e. The summed E-state index contributed by atoms with van der Waals surface area (Å²) in [5, 5.41) is 13.7. The van der Waals surface area contributed by atoms with Crippen molar-refractivity contribution >= 4 is 17.4 Å². The minimum Gasteiger partial charge on any atom is -0.323 e. The Labute approximate surface area is 182 Å². The molecule has 0 unspecified atom stereocenters. The third kappa shape index (κ3) is 6.02. The fraction of sp³-hybridized carbons (Fsp3) is 0.292. The number of aromatic nitrogens is 3. The number of hydrogen-bond acceptors (Lipinski definition) is 6. The lowest BCUT2D eigenvalue weighted by molar-refractivity contribution is -0.115. The van der Waals surface area contributed by atoms with Gasteiger partial charge in [-0.1, -0.05) is 45.0 Å². The normalized spacial score (nSPS) is 10.8. The molecule has 0 aliphatic carbocycles. The summed E-state index contributed by atoms with van der Waals surface area (Å²) in [5.41, 5.74) is 4.48. The number of carbonyl (C=O) groups excluding carboxylic acids is 2. The van der Waals surface area contributed by atoms with Crippen LogP contribution in [-0.4, -0.2) is 33.4 Å². The molecule has 0 aliphatic heterocycles. The van der Waals surface area contributed by atoms with Gasteiger partial charge in [0.1, 0.15) is 5.69 Å². The zero-order chi connectivity index (χ0) is 22.2. The van der Waals surface area contributed by atoms with Crippen LogP contribution in [0.2, 0.25) is 0 Å². The molecule has 0 saturated heterocycles. The Morgan fingerprint density at radius 2 is 1.90 bits per heavy atom. The molecule has 0 atom stereocenters. The van der Waals surface area contributed by atoms with Gasteiger partial charge in [-0.2, -0.15) is 10.2 Å². The van der Waals surface area contributed by atoms with E-state index in [4.69, 9.17) is 0 Å². The van der Waals surface area contributed by atoms with Crippen molar-refractivity contribution in [3.05, 3.63) is 71.8 Å². The van der Waals surface area contributed by atoms with Gasteiger partial charge in [-0.05, 0) is 35.7 Å². The molecule has 2 heterocycles. The van der Waals surface area contributed by atoms with Crippen molar-refractivity contribution in [3.63, 3.8) is 0 Å². The lowest BCUT2D eigenvalue weighted by Crippen LogP contribution is -2.29. The monoisotopic (exact) mass is 417 g/mol. The van der Waals surface area contributed by atoms with Crippen LogP contribution in [-0.2, 0) is 17.8 Å². The van der Waals surface area contributed by atoms with Crippen LogP contribution < -0.4 is 10.6 Å². The van der Waals surface area contributed by atoms with Crippen LogP contribution in [0.15, 0.2) is 54.9 Å². The van der Waals surface area contributed by atoms with Crippen LogP contribution in [0.4, 0.5) is 5.69 Å². The van der Waals surface area contributed by atoms with Gasteiger partial charge in [0.15, 0.2) is 5.78 Å². The van der Waals surface area contributed by atoms with Gasteiger partial charge in [-0.3, -0.25) is 14.6 Å². The summed E-state index contributed by atoms with van der Waals surface area (Å²) in [7, 11) is 0. The molecular weight excluding hydrogens is 390 g/mol. The van der Waals surface area contributed by atoms with Gasteiger partial charge in [0.2, 0.25) is 5.91 Å². The maximum absolute atomic E-state index is 12.6. The number of carbonyl (C=O) groups is 2. The molecule has 0 bridgehead atoms. The number of ketones is 1. The smallest absolute Gasteiger partial charge is 0.238 e. The number of anilines is 1. The Morgan fingerprint density at radius 3 is 2.61 bits per heavy atom. The quantitative estimate of drug-likeness (QED) is 0.516. The number of rotatable bonds is 9. The summed E-state index contributed by atoms with van der Waals surface area (Å²) in [6, 6.07) is 13.6. The second-order valence-corrected chi connectivity index (χ2v) is 7.56. The van der Waals surface area contributed by atoms with Gasteiger partial charge in [0.05, 0.1) is 17.9 Å². The lowest BCUT2D eigenvalue weighted by atomic mass is 10.00. The van der Waals surface area contributed by atoms with E-state index >= 15 is 0 Å². The standard InChI is InChI=1S/C24H27N5O2/c1-4-17-7-5-8-18(11-17)19-12-21(23(26-13-19)24(31)16(2)3)28-22(30)15-25-14-20-9-6-10-27-29-20/h5-13,16,25H,4,14-15H2,1-3H3,(H,28,30). The van der Waals surface area contributed by atoms with E-state index < -0.39 is 0 Å². The molecule has 0 saturated carbocycles. The Kier molecular flexibility index (Phi) is 7.56. The fourth-order valence-corrected chi connectivity index (χ4v) is 3.08. The molecule has 7 heteroatoms. The van der Waals surface area contributed by atoms with Gasteiger partial charge in [0, 0.05) is 30.4 Å². The third-order valence-corrected chi connectivity index (χ3v) is 4.81. The third-order valence-electron chi connectivity index (χ3n) is 4.81. The highest BCUT2D eigenvalue weighted by atomic mass is 16.2. The number of nitrogens with one attached hydrogen (secondary N) is 2. The van der Waals surface area contributed by atoms with E-state index in [1.54, 1.807) is 18.5 Å². The molecular formula is C24H27N5O2. The number of hydrogen-bond donors (Lipinski definition) is 2. The van der Waals surface area contributed by atoms with E-state index in [0.29, 0.717) is 12.2 Å². The molecule has 0 spiro atoms. The van der Waals surface area contributed by atoms with E-state index in [9.17, 15) is 9.59 Å². The highest BCUT2D eigenvalue weighted by Crippen LogP contribution is 2.26. The number of nitrogens with zero attached hydrogens (tertiary/aromatic N) is 3. The minimum absolute atomic E-state index is 0.0709. The van der Waals surface area contributed by atoms with Gasteiger partial charge in [0.25, 0.3) is 0 Å². The van der Waals surface area contributed by atoms with Gasteiger partial charge < -0.3 is 10.6 Å². The van der Waals surface area contributed by atoms with Crippen LogP contribution in [0.1, 0.15) is 42.5 Å². The average Bonchev–Trinajstić information content (AvgIpc) is 2.79. The molecule has 1 aromatic carbocycles. The van der Waals surface area contributed by atoms with Crippen molar-refractivity contribution in [1.29, 1.82) is 0 Å². The molecule has 7 nitrogen and oxygen atoms in total. The summed E-state index contributed by atoms with van der Waals surface area (Å²) < 4.78 is 0. The molecule has 0 fully saturated rings. The number of benzene rings is 1. The Balaban J connectivity index is 1.79. The summed E-state index contributed by atoms with van der Waals surface area (Å²) >= 11 is 0. The predicted molar refractivity (Wildman–Crippen MR) is 121 cm³/mol. The second-order valence-electron chi connectivity index (χ2n) is 7.56. The maximum atomic E-state index is 12.6. The highest BCUT2D eigenvalue weighted by molar-refractivity contribution is 6.05. The predicted octanol–water partition coefficient (Wildman–Crippen LogP) is 3.67. The highest BCUT2D eigenvalue weighted by Gasteiger charge is 2.19. The van der Waals surface area contributed by atoms with Gasteiger partial charge >= 0.3 is 0 Å². The van der Waals surface area contributed by atoms with Crippen LogP contribution in [0.25, 0.3) is 11.1 Å². The SMILES string of the molecule is CCc1cccc(-c2cnc(C(=O)C(C)C)c(NC(=O)CNCc3cccnn3)c2)c1. The molecule has 0 aliphatic rings. The Bertz CT molecular complexity index is 1050. The summed E-state index contributed by atoms with van der Waals surface area (Å²) in [6.07, 6.45) is 4.21. The largest absolute Gasteiger partial charge is 0.323 e. The number of amides is 1. The zero-order valence-electron chi connectivity index (χ0n) is 18.1. The van der Waals surface area contributed by atoms with Gasteiger partial charge in [-0.15, -0.1) is 0 Å². The van der Waals surface area contributed by atoms with Crippen molar-refractivity contribution in [2.24, 2.45) is 5.92 Å². The molecule has 31 heavy (non-hydrogen) atoms. The average molecular weight is 418 g/mol. The summed E-state index contributed by atoms with van der Waals surface area (Å²) in [4.78, 5) is 29.6. The van der Waals surface area contributed by atoms with Crippen LogP contribution in [0.3, 0.4) is 0 Å². The summed E-state index contributed by atoms with van der Waals surface area (Å²) in [6.45, 7) is 6.22. The van der Waals surface area contributed by atoms with Crippen molar-refractivity contribution in [3.8, 4) is 11.1 Å². The number of Topliss-reactive ketones (excluding diaryl/α,β-unsaturated/α-hetero) is 1.